The smallest absolute Gasteiger partial charge is 0.217 e. The van der Waals surface area contributed by atoms with Gasteiger partial charge < -0.3 is 5.11 Å². The summed E-state index contributed by atoms with van der Waals surface area (Å²) in [6.45, 7) is 3.45. The lowest BCUT2D eigenvalue weighted by Crippen LogP contribution is -2.26. The van der Waals surface area contributed by atoms with Crippen LogP contribution in [0.25, 0.3) is 0 Å². The van der Waals surface area contributed by atoms with Crippen LogP contribution >= 0.6 is 0 Å². The van der Waals surface area contributed by atoms with E-state index in [1.165, 1.54) is 0 Å². The third-order valence-electron chi connectivity index (χ3n) is 1.47. The van der Waals surface area contributed by atoms with Gasteiger partial charge in [-0.05, 0) is 0 Å². The van der Waals surface area contributed by atoms with Crippen molar-refractivity contribution >= 4 is 0 Å². The van der Waals surface area contributed by atoms with Gasteiger partial charge in [-0.15, -0.1) is 0 Å². The third kappa shape index (κ3) is 2.77. The minimum atomic E-state index is -0.593. The molecule has 0 spiro atoms. The van der Waals surface area contributed by atoms with Crippen LogP contribution < -0.4 is 0 Å². The molecule has 0 aromatic carbocycles. The summed E-state index contributed by atoms with van der Waals surface area (Å²) >= 11 is 0. The van der Waals surface area contributed by atoms with Crippen molar-refractivity contribution in [3.8, 4) is 0 Å². The molecule has 0 aromatic rings. The van der Waals surface area contributed by atoms with Crippen molar-refractivity contribution in [3.63, 3.8) is 0 Å². The van der Waals surface area contributed by atoms with Crippen LogP contribution in [0.2, 0.25) is 0 Å². The molecule has 0 saturated carbocycles. The molecule has 0 bridgehead atoms. The van der Waals surface area contributed by atoms with Crippen LogP contribution in [-0.4, -0.2) is 22.7 Å². The van der Waals surface area contributed by atoms with E-state index < -0.39 is 6.04 Å². The maximum absolute atomic E-state index is 10.2. The molecule has 0 fully saturated rings. The fourth-order valence-corrected chi connectivity index (χ4v) is 0.814. The van der Waals surface area contributed by atoms with Gasteiger partial charge in [0.15, 0.2) is 0 Å². The van der Waals surface area contributed by atoms with E-state index in [1.54, 1.807) is 13.8 Å². The Balaban J connectivity index is 3.85. The van der Waals surface area contributed by atoms with Crippen LogP contribution in [0.15, 0.2) is 0 Å². The van der Waals surface area contributed by atoms with Crippen LogP contribution in [-0.2, 0) is 0 Å². The van der Waals surface area contributed by atoms with E-state index in [0.29, 0.717) is 0 Å². The first-order valence-corrected chi connectivity index (χ1v) is 3.34. The largest absolute Gasteiger partial charge is 0.396 e. The minimum absolute atomic E-state index is 0.00199. The number of aliphatic hydroxyl groups is 1. The predicted octanol–water partition coefficient (Wildman–Crippen LogP) is 0.670. The molecule has 1 atom stereocenters. The fraction of sp³-hybridized carbons (Fsp3) is 1.00. The van der Waals surface area contributed by atoms with E-state index >= 15 is 0 Å². The Labute approximate surface area is 60.0 Å². The average molecular weight is 147 g/mol. The van der Waals surface area contributed by atoms with Gasteiger partial charge in [0.25, 0.3) is 0 Å². The highest BCUT2D eigenvalue weighted by molar-refractivity contribution is 4.59. The quantitative estimate of drug-likeness (QED) is 0.469. The maximum atomic E-state index is 10.2. The van der Waals surface area contributed by atoms with Gasteiger partial charge in [0.05, 0.1) is 0 Å². The molecule has 0 aliphatic carbocycles. The molecule has 0 heterocycles. The van der Waals surface area contributed by atoms with Crippen LogP contribution in [0.3, 0.4) is 0 Å². The second-order valence-corrected chi connectivity index (χ2v) is 2.61. The summed E-state index contributed by atoms with van der Waals surface area (Å²) in [5, 5.41) is 18.7. The van der Waals surface area contributed by atoms with Gasteiger partial charge >= 0.3 is 0 Å². The molecule has 60 valence electrons. The van der Waals surface area contributed by atoms with Crippen molar-refractivity contribution in [2.45, 2.75) is 26.3 Å². The molecule has 0 aliphatic rings. The van der Waals surface area contributed by atoms with Gasteiger partial charge in [-0.3, -0.25) is 10.1 Å². The Bertz CT molecular complexity index is 114. The fourth-order valence-electron chi connectivity index (χ4n) is 0.814. The molecule has 1 N–H and O–H groups in total. The number of nitrogens with zero attached hydrogens (tertiary/aromatic N) is 1. The SMILES string of the molecule is CC(C)C(CCO)[N+](=O)[O-]. The average Bonchev–Trinajstić information content (AvgIpc) is 1.81. The highest BCUT2D eigenvalue weighted by atomic mass is 16.6. The van der Waals surface area contributed by atoms with Gasteiger partial charge in [-0.2, -0.15) is 0 Å². The highest BCUT2D eigenvalue weighted by Gasteiger charge is 2.22. The predicted molar refractivity (Wildman–Crippen MR) is 37.3 cm³/mol. The molecular weight excluding hydrogens is 134 g/mol. The van der Waals surface area contributed by atoms with Crippen LogP contribution in [0, 0.1) is 16.0 Å². The first-order chi connectivity index (χ1) is 4.59. The van der Waals surface area contributed by atoms with Crippen molar-refractivity contribution in [2.24, 2.45) is 5.92 Å². The number of hydrogen-bond donors (Lipinski definition) is 1. The zero-order valence-corrected chi connectivity index (χ0v) is 6.28. The number of nitro groups is 1. The molecule has 0 aromatic heterocycles. The van der Waals surface area contributed by atoms with Crippen molar-refractivity contribution in [1.29, 1.82) is 0 Å². The number of aliphatic hydroxyl groups excluding tert-OH is 1. The molecule has 1 unspecified atom stereocenters. The lowest BCUT2D eigenvalue weighted by atomic mass is 10.0. The van der Waals surface area contributed by atoms with Crippen molar-refractivity contribution in [3.05, 3.63) is 10.1 Å². The van der Waals surface area contributed by atoms with Crippen LogP contribution in [0.4, 0.5) is 0 Å². The van der Waals surface area contributed by atoms with E-state index in [2.05, 4.69) is 0 Å². The topological polar surface area (TPSA) is 63.4 Å². The number of rotatable bonds is 4. The van der Waals surface area contributed by atoms with Crippen LogP contribution in [0.1, 0.15) is 20.3 Å². The van der Waals surface area contributed by atoms with Gasteiger partial charge in [0.2, 0.25) is 6.04 Å². The van der Waals surface area contributed by atoms with Gasteiger partial charge in [-0.1, -0.05) is 13.8 Å². The summed E-state index contributed by atoms with van der Waals surface area (Å²) in [6, 6.07) is -0.593. The summed E-state index contributed by atoms with van der Waals surface area (Å²) in [5.74, 6) is 0.00199. The molecular formula is C6H13NO3. The number of hydrogen-bond acceptors (Lipinski definition) is 3. The lowest BCUT2D eigenvalue weighted by Gasteiger charge is -2.10. The third-order valence-corrected chi connectivity index (χ3v) is 1.47. The lowest BCUT2D eigenvalue weighted by molar-refractivity contribution is -0.532. The Morgan fingerprint density at radius 2 is 2.10 bits per heavy atom. The Morgan fingerprint density at radius 1 is 1.60 bits per heavy atom. The molecule has 0 radical (unpaired) electrons. The summed E-state index contributed by atoms with van der Waals surface area (Å²) in [6.07, 6.45) is 0.255. The van der Waals surface area contributed by atoms with Gasteiger partial charge in [0, 0.05) is 23.9 Å². The van der Waals surface area contributed by atoms with E-state index in [9.17, 15) is 10.1 Å². The van der Waals surface area contributed by atoms with Crippen LogP contribution in [0.5, 0.6) is 0 Å². The normalized spacial score (nSPS) is 13.6. The summed E-state index contributed by atoms with van der Waals surface area (Å²) < 4.78 is 0. The van der Waals surface area contributed by atoms with Crippen molar-refractivity contribution in [2.75, 3.05) is 6.61 Å². The second-order valence-electron chi connectivity index (χ2n) is 2.61. The molecule has 0 amide bonds. The monoisotopic (exact) mass is 147 g/mol. The molecule has 4 nitrogen and oxygen atoms in total. The Morgan fingerprint density at radius 3 is 2.20 bits per heavy atom. The van der Waals surface area contributed by atoms with Gasteiger partial charge in [0.1, 0.15) is 0 Å². The minimum Gasteiger partial charge on any atom is -0.396 e. The van der Waals surface area contributed by atoms with Crippen molar-refractivity contribution in [1.82, 2.24) is 0 Å². The molecule has 0 saturated heterocycles. The first-order valence-electron chi connectivity index (χ1n) is 3.34. The van der Waals surface area contributed by atoms with E-state index in [0.717, 1.165) is 0 Å². The molecule has 0 aliphatic heterocycles. The highest BCUT2D eigenvalue weighted by Crippen LogP contribution is 2.08. The summed E-state index contributed by atoms with van der Waals surface area (Å²) in [7, 11) is 0. The first kappa shape index (κ1) is 9.36. The van der Waals surface area contributed by atoms with E-state index in [1.807, 2.05) is 0 Å². The zero-order valence-electron chi connectivity index (χ0n) is 6.28. The van der Waals surface area contributed by atoms with E-state index in [-0.39, 0.29) is 23.9 Å². The summed E-state index contributed by atoms with van der Waals surface area (Å²) in [4.78, 5) is 9.89. The molecule has 0 rings (SSSR count). The molecule has 10 heavy (non-hydrogen) atoms. The van der Waals surface area contributed by atoms with Gasteiger partial charge in [-0.25, -0.2) is 0 Å². The Kier molecular flexibility index (Phi) is 3.95. The standard InChI is InChI=1S/C6H13NO3/c1-5(2)6(3-4-8)7(9)10/h5-6,8H,3-4H2,1-2H3. The Hall–Kier alpha value is -0.640. The molecule has 4 heteroatoms. The van der Waals surface area contributed by atoms with E-state index in [4.69, 9.17) is 5.11 Å². The summed E-state index contributed by atoms with van der Waals surface area (Å²) in [5.41, 5.74) is 0. The maximum Gasteiger partial charge on any atom is 0.217 e. The zero-order chi connectivity index (χ0) is 8.15. The van der Waals surface area contributed by atoms with Crippen molar-refractivity contribution < 1.29 is 10.0 Å². The second kappa shape index (κ2) is 4.22.